The van der Waals surface area contributed by atoms with Gasteiger partial charge in [0.25, 0.3) is 5.91 Å². The molecule has 4 heterocycles. The first-order valence-electron chi connectivity index (χ1n) is 9.46. The molecule has 7 heteroatoms. The van der Waals surface area contributed by atoms with Crippen LogP contribution in [0.25, 0.3) is 15.9 Å². The number of hydrogen-bond acceptors (Lipinski definition) is 5. The largest absolute Gasteiger partial charge is 0.376 e. The van der Waals surface area contributed by atoms with Crippen LogP contribution in [0.5, 0.6) is 0 Å². The number of carbonyl (C=O) groups is 1. The average Bonchev–Trinajstić information content (AvgIpc) is 3.39. The number of amides is 1. The molecule has 0 atom stereocenters. The number of thiophene rings is 1. The van der Waals surface area contributed by atoms with Gasteiger partial charge in [0.1, 0.15) is 5.69 Å². The van der Waals surface area contributed by atoms with Crippen molar-refractivity contribution in [2.45, 2.75) is 18.9 Å². The Bertz CT molecular complexity index is 1160. The Hall–Kier alpha value is -3.03. The van der Waals surface area contributed by atoms with Crippen molar-refractivity contribution in [3.63, 3.8) is 0 Å². The van der Waals surface area contributed by atoms with E-state index in [1.165, 1.54) is 5.56 Å². The summed E-state index contributed by atoms with van der Waals surface area (Å²) in [4.78, 5) is 17.3. The molecule has 1 aliphatic rings. The van der Waals surface area contributed by atoms with Crippen LogP contribution in [0.1, 0.15) is 28.5 Å². The van der Waals surface area contributed by atoms with Gasteiger partial charge in [-0.05, 0) is 60.2 Å². The molecule has 1 aliphatic heterocycles. The molecule has 1 fully saturated rings. The molecule has 0 radical (unpaired) electrons. The molecule has 0 bridgehead atoms. The molecule has 0 saturated carbocycles. The van der Waals surface area contributed by atoms with Gasteiger partial charge in [0, 0.05) is 12.4 Å². The Kier molecular flexibility index (Phi) is 4.41. The number of hydrogen-bond donors (Lipinski definition) is 1. The van der Waals surface area contributed by atoms with Crippen LogP contribution in [0.4, 0.5) is 0 Å². The number of fused-ring (bicyclic) bond motifs is 1. The average molecular weight is 404 g/mol. The summed E-state index contributed by atoms with van der Waals surface area (Å²) in [6, 6.07) is 14.1. The van der Waals surface area contributed by atoms with Gasteiger partial charge in [0.15, 0.2) is 0 Å². The summed E-state index contributed by atoms with van der Waals surface area (Å²) in [7, 11) is 0. The second-order valence-corrected chi connectivity index (χ2v) is 8.52. The fourth-order valence-electron chi connectivity index (χ4n) is 3.50. The Morgan fingerprint density at radius 1 is 1.28 bits per heavy atom. The van der Waals surface area contributed by atoms with Crippen LogP contribution in [0, 0.1) is 0 Å². The van der Waals surface area contributed by atoms with Crippen LogP contribution in [0.15, 0.2) is 60.2 Å². The number of nitrogens with one attached hydrogen (secondary N) is 1. The van der Waals surface area contributed by atoms with Crippen LogP contribution in [0.3, 0.4) is 0 Å². The van der Waals surface area contributed by atoms with Gasteiger partial charge in [-0.25, -0.2) is 9.67 Å². The molecule has 6 nitrogen and oxygen atoms in total. The Labute approximate surface area is 172 Å². The topological polar surface area (TPSA) is 69.0 Å². The van der Waals surface area contributed by atoms with E-state index < -0.39 is 0 Å². The third kappa shape index (κ3) is 3.54. The Morgan fingerprint density at radius 2 is 2.10 bits per heavy atom. The highest BCUT2D eigenvalue weighted by atomic mass is 32.1. The highest BCUT2D eigenvalue weighted by Gasteiger charge is 2.35. The summed E-state index contributed by atoms with van der Waals surface area (Å²) in [6.07, 6.45) is 4.42. The van der Waals surface area contributed by atoms with Crippen molar-refractivity contribution >= 4 is 27.5 Å². The summed E-state index contributed by atoms with van der Waals surface area (Å²) >= 11 is 1.66. The van der Waals surface area contributed by atoms with E-state index >= 15 is 0 Å². The van der Waals surface area contributed by atoms with Gasteiger partial charge in [-0.2, -0.15) is 5.10 Å². The highest BCUT2D eigenvalue weighted by molar-refractivity contribution is 7.17. The van der Waals surface area contributed by atoms with E-state index in [1.807, 2.05) is 41.4 Å². The molecule has 1 amide bonds. The molecule has 1 aromatic carbocycles. The quantitative estimate of drug-likeness (QED) is 0.552. The maximum absolute atomic E-state index is 12.8. The van der Waals surface area contributed by atoms with Gasteiger partial charge >= 0.3 is 0 Å². The van der Waals surface area contributed by atoms with E-state index in [0.717, 1.165) is 27.9 Å². The Balaban J connectivity index is 1.43. The van der Waals surface area contributed by atoms with Crippen molar-refractivity contribution in [2.75, 3.05) is 13.2 Å². The van der Waals surface area contributed by atoms with E-state index in [1.54, 1.807) is 17.5 Å². The summed E-state index contributed by atoms with van der Waals surface area (Å²) in [5.41, 5.74) is 4.31. The molecular formula is C22H20N4O2S. The van der Waals surface area contributed by atoms with Crippen molar-refractivity contribution in [3.05, 3.63) is 77.1 Å². The third-order valence-corrected chi connectivity index (χ3v) is 6.06. The zero-order chi connectivity index (χ0) is 19.8. The van der Waals surface area contributed by atoms with Gasteiger partial charge < -0.3 is 10.1 Å². The second-order valence-electron chi connectivity index (χ2n) is 7.60. The lowest BCUT2D eigenvalue weighted by molar-refractivity contribution is -0.0594. The zero-order valence-electron chi connectivity index (χ0n) is 16.0. The number of benzene rings is 1. The molecule has 0 spiro atoms. The van der Waals surface area contributed by atoms with Gasteiger partial charge in [0.05, 0.1) is 34.7 Å². The predicted molar refractivity (Wildman–Crippen MR) is 113 cm³/mol. The summed E-state index contributed by atoms with van der Waals surface area (Å²) in [5, 5.41) is 9.33. The molecule has 1 saturated heterocycles. The number of carbonyl (C=O) groups excluding carboxylic acids is 1. The summed E-state index contributed by atoms with van der Waals surface area (Å²) < 4.78 is 8.19. The number of rotatable bonds is 5. The minimum absolute atomic E-state index is 0.154. The van der Waals surface area contributed by atoms with E-state index in [4.69, 9.17) is 4.74 Å². The van der Waals surface area contributed by atoms with Crippen LogP contribution >= 0.6 is 11.3 Å². The van der Waals surface area contributed by atoms with Crippen LogP contribution in [-0.2, 0) is 11.2 Å². The maximum Gasteiger partial charge on any atom is 0.270 e. The lowest BCUT2D eigenvalue weighted by atomic mass is 10.00. The molecular weight excluding hydrogens is 384 g/mol. The molecule has 4 aromatic rings. The Morgan fingerprint density at radius 3 is 2.79 bits per heavy atom. The zero-order valence-corrected chi connectivity index (χ0v) is 16.8. The first-order chi connectivity index (χ1) is 14.1. The van der Waals surface area contributed by atoms with Crippen molar-refractivity contribution in [2.24, 2.45) is 0 Å². The fourth-order valence-corrected chi connectivity index (χ4v) is 4.35. The van der Waals surface area contributed by atoms with Gasteiger partial charge in [-0.15, -0.1) is 11.3 Å². The lowest BCUT2D eigenvalue weighted by Crippen LogP contribution is -2.60. The smallest absolute Gasteiger partial charge is 0.270 e. The van der Waals surface area contributed by atoms with E-state index in [2.05, 4.69) is 39.7 Å². The van der Waals surface area contributed by atoms with Crippen molar-refractivity contribution in [3.8, 4) is 5.69 Å². The molecule has 3 aromatic heterocycles. The first-order valence-corrected chi connectivity index (χ1v) is 10.3. The van der Waals surface area contributed by atoms with Gasteiger partial charge in [-0.3, -0.25) is 4.79 Å². The van der Waals surface area contributed by atoms with Gasteiger partial charge in [-0.1, -0.05) is 12.1 Å². The van der Waals surface area contributed by atoms with Crippen molar-refractivity contribution < 1.29 is 9.53 Å². The van der Waals surface area contributed by atoms with Crippen molar-refractivity contribution in [1.82, 2.24) is 20.1 Å². The fraction of sp³-hybridized carbons (Fsp3) is 0.227. The molecule has 0 unspecified atom stereocenters. The SMILES string of the molecule is CC1(NC(=O)c2cc(Cc3ccc(-n4cccn4)cc3)c3sccc3n2)COC1. The predicted octanol–water partition coefficient (Wildman–Crippen LogP) is 3.59. The van der Waals surface area contributed by atoms with Crippen molar-refractivity contribution in [1.29, 1.82) is 0 Å². The lowest BCUT2D eigenvalue weighted by Gasteiger charge is -2.38. The normalized spacial score (nSPS) is 15.2. The molecule has 1 N–H and O–H groups in total. The number of pyridine rings is 1. The maximum atomic E-state index is 12.8. The minimum atomic E-state index is -0.301. The second kappa shape index (κ2) is 7.09. The third-order valence-electron chi connectivity index (χ3n) is 5.08. The molecule has 0 aliphatic carbocycles. The molecule has 5 rings (SSSR count). The van der Waals surface area contributed by atoms with E-state index in [9.17, 15) is 4.79 Å². The van der Waals surface area contributed by atoms with Gasteiger partial charge in [0.2, 0.25) is 0 Å². The molecule has 29 heavy (non-hydrogen) atoms. The summed E-state index contributed by atoms with van der Waals surface area (Å²) in [6.45, 7) is 3.06. The first kappa shape index (κ1) is 18.0. The number of nitrogens with zero attached hydrogens (tertiary/aromatic N) is 3. The minimum Gasteiger partial charge on any atom is -0.376 e. The molecule has 146 valence electrons. The highest BCUT2D eigenvalue weighted by Crippen LogP contribution is 2.27. The van der Waals surface area contributed by atoms with E-state index in [-0.39, 0.29) is 11.4 Å². The number of ether oxygens (including phenoxy) is 1. The van der Waals surface area contributed by atoms with Crippen LogP contribution in [-0.4, -0.2) is 39.4 Å². The van der Waals surface area contributed by atoms with E-state index in [0.29, 0.717) is 18.9 Å². The van der Waals surface area contributed by atoms with Crippen LogP contribution < -0.4 is 5.32 Å². The number of aromatic nitrogens is 3. The monoisotopic (exact) mass is 404 g/mol. The summed E-state index contributed by atoms with van der Waals surface area (Å²) in [5.74, 6) is -0.154. The van der Waals surface area contributed by atoms with Crippen LogP contribution in [0.2, 0.25) is 0 Å². The standard InChI is InChI=1S/C22H20N4O2S/c1-22(13-28-14-22)25-21(27)19-12-16(20-18(24-19)7-10-29-20)11-15-3-5-17(6-4-15)26-9-2-8-23-26/h2-10,12H,11,13-14H2,1H3,(H,25,27).